The summed E-state index contributed by atoms with van der Waals surface area (Å²) in [6.45, 7) is 4.12. The van der Waals surface area contributed by atoms with E-state index in [1.54, 1.807) is 9.13 Å². The summed E-state index contributed by atoms with van der Waals surface area (Å²) in [5, 5.41) is 0. The Morgan fingerprint density at radius 3 is 2.36 bits per heavy atom. The van der Waals surface area contributed by atoms with Crippen LogP contribution >= 0.6 is 15.9 Å². The second-order valence-corrected chi connectivity index (χ2v) is 6.10. The van der Waals surface area contributed by atoms with Crippen molar-refractivity contribution in [1.29, 1.82) is 0 Å². The average molecular weight is 357 g/mol. The molecule has 0 aliphatic rings. The van der Waals surface area contributed by atoms with Crippen LogP contribution in [0.15, 0.2) is 64.1 Å². The normalized spacial score (nSPS) is 10.9. The van der Waals surface area contributed by atoms with Crippen LogP contribution in [-0.4, -0.2) is 9.13 Å². The number of aromatic nitrogens is 2. The summed E-state index contributed by atoms with van der Waals surface area (Å²) >= 11 is 3.57. The van der Waals surface area contributed by atoms with E-state index in [0.717, 1.165) is 27.8 Å². The molecule has 22 heavy (non-hydrogen) atoms. The van der Waals surface area contributed by atoms with Crippen molar-refractivity contribution in [1.82, 2.24) is 9.13 Å². The minimum absolute atomic E-state index is 0.0587. The standard InChI is InChI=1S/C18H17BrN2O/c1-3-15-16(19)5-4-6-17(15)21-12-11-20(18(21)22)14-9-7-13(2)8-10-14/h4-12H,3H2,1-2H3. The highest BCUT2D eigenvalue weighted by atomic mass is 79.9. The lowest BCUT2D eigenvalue weighted by atomic mass is 10.1. The molecule has 0 saturated heterocycles. The van der Waals surface area contributed by atoms with Crippen LogP contribution in [0.5, 0.6) is 0 Å². The molecule has 0 bridgehead atoms. The highest BCUT2D eigenvalue weighted by Gasteiger charge is 2.11. The van der Waals surface area contributed by atoms with E-state index in [4.69, 9.17) is 0 Å². The van der Waals surface area contributed by atoms with E-state index in [1.807, 2.05) is 61.8 Å². The fourth-order valence-electron chi connectivity index (χ4n) is 2.59. The van der Waals surface area contributed by atoms with E-state index >= 15 is 0 Å². The summed E-state index contributed by atoms with van der Waals surface area (Å²) in [5.74, 6) is 0. The van der Waals surface area contributed by atoms with Gasteiger partial charge in [-0.15, -0.1) is 0 Å². The summed E-state index contributed by atoms with van der Waals surface area (Å²) < 4.78 is 4.39. The molecular weight excluding hydrogens is 340 g/mol. The molecule has 0 amide bonds. The van der Waals surface area contributed by atoms with Gasteiger partial charge in [0.15, 0.2) is 0 Å². The number of hydrogen-bond donors (Lipinski definition) is 0. The molecule has 2 aromatic carbocycles. The summed E-state index contributed by atoms with van der Waals surface area (Å²) in [7, 11) is 0. The van der Waals surface area contributed by atoms with E-state index in [2.05, 4.69) is 22.9 Å². The fraction of sp³-hybridized carbons (Fsp3) is 0.167. The van der Waals surface area contributed by atoms with Crippen LogP contribution in [0.4, 0.5) is 0 Å². The van der Waals surface area contributed by atoms with Gasteiger partial charge < -0.3 is 0 Å². The highest BCUT2D eigenvalue weighted by Crippen LogP contribution is 2.23. The minimum Gasteiger partial charge on any atom is -0.268 e. The Kier molecular flexibility index (Phi) is 4.03. The van der Waals surface area contributed by atoms with Crippen molar-refractivity contribution < 1.29 is 0 Å². The van der Waals surface area contributed by atoms with E-state index in [1.165, 1.54) is 5.56 Å². The van der Waals surface area contributed by atoms with Crippen molar-refractivity contribution in [2.24, 2.45) is 0 Å². The second-order valence-electron chi connectivity index (χ2n) is 5.25. The summed E-state index contributed by atoms with van der Waals surface area (Å²) in [5.41, 5.74) is 4.05. The molecule has 0 aliphatic carbocycles. The molecule has 0 N–H and O–H groups in total. The third-order valence-corrected chi connectivity index (χ3v) is 4.54. The number of halogens is 1. The van der Waals surface area contributed by atoms with Gasteiger partial charge in [-0.05, 0) is 43.2 Å². The van der Waals surface area contributed by atoms with Crippen molar-refractivity contribution in [3.05, 3.63) is 80.9 Å². The number of rotatable bonds is 3. The second kappa shape index (κ2) is 5.97. The minimum atomic E-state index is -0.0587. The lowest BCUT2D eigenvalue weighted by molar-refractivity contribution is 0.893. The van der Waals surface area contributed by atoms with E-state index in [0.29, 0.717) is 0 Å². The zero-order chi connectivity index (χ0) is 15.7. The molecule has 3 aromatic rings. The zero-order valence-corrected chi connectivity index (χ0v) is 14.2. The molecule has 0 aliphatic heterocycles. The Morgan fingerprint density at radius 1 is 1.00 bits per heavy atom. The Balaban J connectivity index is 2.14. The van der Waals surface area contributed by atoms with Crippen LogP contribution in [0.25, 0.3) is 11.4 Å². The first kappa shape index (κ1) is 14.9. The molecular formula is C18H17BrN2O. The first-order chi connectivity index (χ1) is 10.6. The molecule has 0 radical (unpaired) electrons. The first-order valence-corrected chi connectivity index (χ1v) is 8.06. The molecule has 0 atom stereocenters. The van der Waals surface area contributed by atoms with Gasteiger partial charge in [-0.3, -0.25) is 9.13 Å². The lowest BCUT2D eigenvalue weighted by Gasteiger charge is -2.10. The Hall–Kier alpha value is -2.07. The Labute approximate surface area is 138 Å². The number of aryl methyl sites for hydroxylation is 1. The molecule has 112 valence electrons. The molecule has 0 spiro atoms. The van der Waals surface area contributed by atoms with Crippen LogP contribution in [0, 0.1) is 6.92 Å². The van der Waals surface area contributed by atoms with Gasteiger partial charge in [0.2, 0.25) is 0 Å². The first-order valence-electron chi connectivity index (χ1n) is 7.26. The van der Waals surface area contributed by atoms with Gasteiger partial charge in [0.1, 0.15) is 0 Å². The average Bonchev–Trinajstić information content (AvgIpc) is 2.89. The molecule has 3 rings (SSSR count). The van der Waals surface area contributed by atoms with Crippen LogP contribution in [0.3, 0.4) is 0 Å². The summed E-state index contributed by atoms with van der Waals surface area (Å²) in [6.07, 6.45) is 4.50. The van der Waals surface area contributed by atoms with Crippen molar-refractivity contribution in [2.45, 2.75) is 20.3 Å². The van der Waals surface area contributed by atoms with Crippen LogP contribution in [0.1, 0.15) is 18.1 Å². The maximum atomic E-state index is 12.7. The number of hydrogen-bond acceptors (Lipinski definition) is 1. The zero-order valence-electron chi connectivity index (χ0n) is 12.6. The smallest absolute Gasteiger partial charge is 0.268 e. The predicted molar refractivity (Wildman–Crippen MR) is 93.2 cm³/mol. The van der Waals surface area contributed by atoms with Crippen molar-refractivity contribution in [3.8, 4) is 11.4 Å². The SMILES string of the molecule is CCc1c(Br)cccc1-n1ccn(-c2ccc(C)cc2)c1=O. The molecule has 3 nitrogen and oxygen atoms in total. The van der Waals surface area contributed by atoms with E-state index in [-0.39, 0.29) is 5.69 Å². The number of benzene rings is 2. The van der Waals surface area contributed by atoms with Gasteiger partial charge in [-0.25, -0.2) is 4.79 Å². The third-order valence-electron chi connectivity index (χ3n) is 3.80. The maximum Gasteiger partial charge on any atom is 0.337 e. The number of nitrogens with zero attached hydrogens (tertiary/aromatic N) is 2. The van der Waals surface area contributed by atoms with Crippen molar-refractivity contribution in [2.75, 3.05) is 0 Å². The van der Waals surface area contributed by atoms with Gasteiger partial charge in [0.25, 0.3) is 0 Å². The highest BCUT2D eigenvalue weighted by molar-refractivity contribution is 9.10. The number of imidazole rings is 1. The van der Waals surface area contributed by atoms with E-state index in [9.17, 15) is 4.79 Å². The molecule has 0 fully saturated rings. The van der Waals surface area contributed by atoms with Gasteiger partial charge >= 0.3 is 5.69 Å². The van der Waals surface area contributed by atoms with Crippen LogP contribution in [0.2, 0.25) is 0 Å². The summed E-state index contributed by atoms with van der Waals surface area (Å²) in [4.78, 5) is 12.7. The molecule has 1 heterocycles. The van der Waals surface area contributed by atoms with Gasteiger partial charge in [-0.2, -0.15) is 0 Å². The van der Waals surface area contributed by atoms with Gasteiger partial charge in [0, 0.05) is 16.9 Å². The molecule has 1 aromatic heterocycles. The maximum absolute atomic E-state index is 12.7. The van der Waals surface area contributed by atoms with E-state index < -0.39 is 0 Å². The lowest BCUT2D eigenvalue weighted by Crippen LogP contribution is -2.22. The molecule has 0 saturated carbocycles. The Morgan fingerprint density at radius 2 is 1.68 bits per heavy atom. The van der Waals surface area contributed by atoms with Crippen LogP contribution < -0.4 is 5.69 Å². The quantitative estimate of drug-likeness (QED) is 0.688. The van der Waals surface area contributed by atoms with Crippen molar-refractivity contribution >= 4 is 15.9 Å². The van der Waals surface area contributed by atoms with Gasteiger partial charge in [-0.1, -0.05) is 46.6 Å². The monoisotopic (exact) mass is 356 g/mol. The van der Waals surface area contributed by atoms with Crippen molar-refractivity contribution in [3.63, 3.8) is 0 Å². The third kappa shape index (κ3) is 2.55. The molecule has 0 unspecified atom stereocenters. The van der Waals surface area contributed by atoms with Crippen LogP contribution in [-0.2, 0) is 6.42 Å². The topological polar surface area (TPSA) is 26.9 Å². The Bertz CT molecular complexity index is 860. The predicted octanol–water partition coefficient (Wildman–Crippen LogP) is 4.26. The summed E-state index contributed by atoms with van der Waals surface area (Å²) in [6, 6.07) is 13.9. The fourth-order valence-corrected chi connectivity index (χ4v) is 3.22. The largest absolute Gasteiger partial charge is 0.337 e. The van der Waals surface area contributed by atoms with Gasteiger partial charge in [0.05, 0.1) is 11.4 Å². The molecule has 4 heteroatoms.